The highest BCUT2D eigenvalue weighted by Crippen LogP contribution is 2.29. The first-order valence-electron chi connectivity index (χ1n) is 5.70. The summed E-state index contributed by atoms with van der Waals surface area (Å²) in [6, 6.07) is 0. The van der Waals surface area contributed by atoms with Crippen LogP contribution in [0.2, 0.25) is 0 Å². The Morgan fingerprint density at radius 1 is 1.56 bits per heavy atom. The van der Waals surface area contributed by atoms with Crippen molar-refractivity contribution in [3.63, 3.8) is 0 Å². The van der Waals surface area contributed by atoms with Gasteiger partial charge in [0.1, 0.15) is 4.21 Å². The average molecular weight is 308 g/mol. The quantitative estimate of drug-likeness (QED) is 0.869. The van der Waals surface area contributed by atoms with Gasteiger partial charge in [-0.1, -0.05) is 6.42 Å². The first-order chi connectivity index (χ1) is 8.39. The molecule has 1 heterocycles. The fourth-order valence-corrected chi connectivity index (χ4v) is 4.44. The molecule has 0 atom stereocenters. The Balaban J connectivity index is 2.08. The fraction of sp³-hybridized carbons (Fsp3) is 0.545. The molecule has 0 unspecified atom stereocenters. The molecule has 1 aromatic rings. The number of rotatable bonds is 4. The summed E-state index contributed by atoms with van der Waals surface area (Å²) in [5.41, 5.74) is 0.833. The van der Waals surface area contributed by atoms with E-state index in [0.717, 1.165) is 24.2 Å². The van der Waals surface area contributed by atoms with Crippen molar-refractivity contribution in [3.8, 4) is 0 Å². The lowest BCUT2D eigenvalue weighted by atomic mass is 9.85. The van der Waals surface area contributed by atoms with Gasteiger partial charge in [0.05, 0.1) is 5.56 Å². The molecule has 2 rings (SSSR count). The summed E-state index contributed by atoms with van der Waals surface area (Å²) in [6.45, 7) is 2.26. The SMILES string of the molecule is Cc1c(C(=O)NCC2CCC2)csc1S(=O)(=O)Cl. The van der Waals surface area contributed by atoms with Crippen LogP contribution in [0, 0.1) is 12.8 Å². The van der Waals surface area contributed by atoms with Crippen molar-refractivity contribution in [2.75, 3.05) is 6.54 Å². The third-order valence-corrected chi connectivity index (χ3v) is 6.54. The van der Waals surface area contributed by atoms with Crippen molar-refractivity contribution in [3.05, 3.63) is 16.5 Å². The third-order valence-electron chi connectivity index (χ3n) is 3.24. The van der Waals surface area contributed by atoms with Crippen LogP contribution < -0.4 is 5.32 Å². The maximum atomic E-state index is 11.9. The zero-order valence-electron chi connectivity index (χ0n) is 9.90. The van der Waals surface area contributed by atoms with E-state index < -0.39 is 9.05 Å². The molecule has 0 radical (unpaired) electrons. The molecule has 0 bridgehead atoms. The van der Waals surface area contributed by atoms with Gasteiger partial charge in [0.25, 0.3) is 15.0 Å². The van der Waals surface area contributed by atoms with E-state index in [1.165, 1.54) is 6.42 Å². The van der Waals surface area contributed by atoms with Crippen LogP contribution >= 0.6 is 22.0 Å². The smallest absolute Gasteiger partial charge is 0.271 e. The Kier molecular flexibility index (Phi) is 3.99. The van der Waals surface area contributed by atoms with Gasteiger partial charge in [-0.25, -0.2) is 8.42 Å². The van der Waals surface area contributed by atoms with Gasteiger partial charge in [-0.15, -0.1) is 11.3 Å². The van der Waals surface area contributed by atoms with Crippen LogP contribution in [0.4, 0.5) is 0 Å². The Hall–Kier alpha value is -0.590. The highest BCUT2D eigenvalue weighted by atomic mass is 35.7. The molecular weight excluding hydrogens is 294 g/mol. The van der Waals surface area contributed by atoms with Gasteiger partial charge in [-0.2, -0.15) is 0 Å². The van der Waals surface area contributed by atoms with Gasteiger partial charge in [0.2, 0.25) is 0 Å². The second kappa shape index (κ2) is 5.19. The molecule has 1 aromatic heterocycles. The molecule has 7 heteroatoms. The molecule has 0 spiro atoms. The third kappa shape index (κ3) is 2.87. The van der Waals surface area contributed by atoms with Gasteiger partial charge in [-0.05, 0) is 31.2 Å². The van der Waals surface area contributed by atoms with Crippen molar-refractivity contribution < 1.29 is 13.2 Å². The number of carbonyl (C=O) groups excluding carboxylic acids is 1. The summed E-state index contributed by atoms with van der Waals surface area (Å²) in [4.78, 5) is 11.9. The highest BCUT2D eigenvalue weighted by molar-refractivity contribution is 8.15. The van der Waals surface area contributed by atoms with E-state index in [2.05, 4.69) is 5.32 Å². The van der Waals surface area contributed by atoms with E-state index in [1.807, 2.05) is 0 Å². The van der Waals surface area contributed by atoms with Crippen LogP contribution in [0.3, 0.4) is 0 Å². The number of hydrogen-bond donors (Lipinski definition) is 1. The molecule has 1 aliphatic rings. The molecule has 18 heavy (non-hydrogen) atoms. The Labute approximate surface area is 115 Å². The van der Waals surface area contributed by atoms with E-state index in [4.69, 9.17) is 10.7 Å². The molecule has 1 saturated carbocycles. The molecule has 1 N–H and O–H groups in total. The minimum Gasteiger partial charge on any atom is -0.352 e. The number of thiophene rings is 1. The number of nitrogens with one attached hydrogen (secondary N) is 1. The number of amides is 1. The summed E-state index contributed by atoms with van der Waals surface area (Å²) < 4.78 is 22.6. The minimum atomic E-state index is -3.76. The van der Waals surface area contributed by atoms with Crippen LogP contribution in [-0.4, -0.2) is 20.9 Å². The number of carbonyl (C=O) groups is 1. The number of hydrogen-bond acceptors (Lipinski definition) is 4. The zero-order valence-corrected chi connectivity index (χ0v) is 12.3. The lowest BCUT2D eigenvalue weighted by Crippen LogP contribution is -2.32. The standard InChI is InChI=1S/C11H14ClNO3S2/c1-7-9(6-17-11(7)18(12,15)16)10(14)13-5-8-3-2-4-8/h6,8H,2-5H2,1H3,(H,13,14). The average Bonchev–Trinajstić information content (AvgIpc) is 2.56. The van der Waals surface area contributed by atoms with Crippen molar-refractivity contribution in [1.82, 2.24) is 5.32 Å². The number of halogens is 1. The fourth-order valence-electron chi connectivity index (χ4n) is 1.89. The van der Waals surface area contributed by atoms with Crippen LogP contribution in [0.15, 0.2) is 9.59 Å². The first-order valence-corrected chi connectivity index (χ1v) is 8.89. The molecule has 0 aromatic carbocycles. The molecular formula is C11H14ClNO3S2. The molecule has 0 saturated heterocycles. The van der Waals surface area contributed by atoms with Gasteiger partial charge >= 0.3 is 0 Å². The summed E-state index contributed by atoms with van der Waals surface area (Å²) in [5, 5.41) is 4.38. The first kappa shape index (κ1) is 13.8. The second-order valence-electron chi connectivity index (χ2n) is 4.51. The van der Waals surface area contributed by atoms with Gasteiger partial charge in [0, 0.05) is 22.6 Å². The minimum absolute atomic E-state index is 0.0537. The van der Waals surface area contributed by atoms with Crippen LogP contribution in [0.1, 0.15) is 35.2 Å². The lowest BCUT2D eigenvalue weighted by Gasteiger charge is -2.25. The second-order valence-corrected chi connectivity index (χ2v) is 8.15. The predicted octanol–water partition coefficient (Wildman–Crippen LogP) is 2.51. The molecule has 1 aliphatic carbocycles. The van der Waals surface area contributed by atoms with Crippen LogP contribution in [0.25, 0.3) is 0 Å². The Morgan fingerprint density at radius 3 is 2.67 bits per heavy atom. The highest BCUT2D eigenvalue weighted by Gasteiger charge is 2.23. The van der Waals surface area contributed by atoms with E-state index in [1.54, 1.807) is 12.3 Å². The zero-order chi connectivity index (χ0) is 13.3. The van der Waals surface area contributed by atoms with E-state index in [0.29, 0.717) is 23.6 Å². The van der Waals surface area contributed by atoms with Gasteiger partial charge < -0.3 is 5.32 Å². The van der Waals surface area contributed by atoms with Crippen LogP contribution in [0.5, 0.6) is 0 Å². The van der Waals surface area contributed by atoms with E-state index in [9.17, 15) is 13.2 Å². The largest absolute Gasteiger partial charge is 0.352 e. The monoisotopic (exact) mass is 307 g/mol. The van der Waals surface area contributed by atoms with Crippen molar-refractivity contribution in [2.45, 2.75) is 30.4 Å². The van der Waals surface area contributed by atoms with Gasteiger partial charge in [-0.3, -0.25) is 4.79 Å². The molecule has 1 amide bonds. The molecule has 1 fully saturated rings. The Bertz CT molecular complexity index is 561. The normalized spacial score (nSPS) is 16.3. The maximum Gasteiger partial charge on any atom is 0.271 e. The van der Waals surface area contributed by atoms with Crippen LogP contribution in [-0.2, 0) is 9.05 Å². The van der Waals surface area contributed by atoms with Crippen molar-refractivity contribution in [1.29, 1.82) is 0 Å². The van der Waals surface area contributed by atoms with E-state index >= 15 is 0 Å². The van der Waals surface area contributed by atoms with E-state index in [-0.39, 0.29) is 10.1 Å². The predicted molar refractivity (Wildman–Crippen MR) is 71.8 cm³/mol. The summed E-state index contributed by atoms with van der Waals surface area (Å²) in [7, 11) is 1.53. The summed E-state index contributed by atoms with van der Waals surface area (Å²) >= 11 is 0.985. The van der Waals surface area contributed by atoms with Gasteiger partial charge in [0.15, 0.2) is 0 Å². The lowest BCUT2D eigenvalue weighted by molar-refractivity contribution is 0.0939. The summed E-state index contributed by atoms with van der Waals surface area (Å²) in [6.07, 6.45) is 3.54. The molecule has 0 aliphatic heterocycles. The maximum absolute atomic E-state index is 11.9. The molecule has 100 valence electrons. The summed E-state index contributed by atoms with van der Waals surface area (Å²) in [5.74, 6) is 0.353. The van der Waals surface area contributed by atoms with Crippen molar-refractivity contribution >= 4 is 37.0 Å². The molecule has 4 nitrogen and oxygen atoms in total. The van der Waals surface area contributed by atoms with Crippen molar-refractivity contribution in [2.24, 2.45) is 5.92 Å². The Morgan fingerprint density at radius 2 is 2.22 bits per heavy atom. The topological polar surface area (TPSA) is 63.2 Å².